The number of hydrogen-bond donors (Lipinski definition) is 0. The van der Waals surface area contributed by atoms with E-state index in [1.165, 1.54) is 0 Å². The number of fused-ring (bicyclic) bond motifs is 1. The highest BCUT2D eigenvalue weighted by Crippen LogP contribution is 2.20. The minimum absolute atomic E-state index is 0.0489. The first kappa shape index (κ1) is 12.5. The summed E-state index contributed by atoms with van der Waals surface area (Å²) >= 11 is 3.38. The van der Waals surface area contributed by atoms with E-state index in [1.54, 1.807) is 11.9 Å². The number of hydrogen-bond acceptors (Lipinski definition) is 3. The van der Waals surface area contributed by atoms with Crippen molar-refractivity contribution in [1.29, 1.82) is 0 Å². The number of rotatable bonds is 3. The Hall–Kier alpha value is -0.910. The van der Waals surface area contributed by atoms with Crippen molar-refractivity contribution < 1.29 is 4.79 Å². The maximum absolute atomic E-state index is 12.0. The van der Waals surface area contributed by atoms with E-state index in [0.29, 0.717) is 6.54 Å². The molecule has 1 aromatic rings. The zero-order valence-corrected chi connectivity index (χ0v) is 12.0. The summed E-state index contributed by atoms with van der Waals surface area (Å²) in [5.41, 5.74) is 0. The summed E-state index contributed by atoms with van der Waals surface area (Å²) in [4.78, 5) is 13.7. The van der Waals surface area contributed by atoms with Crippen molar-refractivity contribution in [3.63, 3.8) is 0 Å². The maximum Gasteiger partial charge on any atom is 0.239 e. The number of nitrogens with zero attached hydrogens (tertiary/aromatic N) is 4. The van der Waals surface area contributed by atoms with Gasteiger partial charge in [-0.3, -0.25) is 4.79 Å². The first-order valence-electron chi connectivity index (χ1n) is 5.75. The van der Waals surface area contributed by atoms with Crippen molar-refractivity contribution in [2.45, 2.75) is 44.1 Å². The van der Waals surface area contributed by atoms with Gasteiger partial charge in [-0.2, -0.15) is 0 Å². The van der Waals surface area contributed by atoms with E-state index >= 15 is 0 Å². The van der Waals surface area contributed by atoms with Gasteiger partial charge in [-0.15, -0.1) is 10.2 Å². The van der Waals surface area contributed by atoms with Crippen LogP contribution in [0.3, 0.4) is 0 Å². The number of aromatic nitrogens is 3. The summed E-state index contributed by atoms with van der Waals surface area (Å²) in [6, 6.07) is 0. The zero-order valence-electron chi connectivity index (χ0n) is 10.4. The van der Waals surface area contributed by atoms with Crippen LogP contribution in [0.25, 0.3) is 0 Å². The second-order valence-corrected chi connectivity index (χ2v) is 6.90. The summed E-state index contributed by atoms with van der Waals surface area (Å²) in [5, 5.41) is 8.28. The molecule has 0 unspecified atom stereocenters. The van der Waals surface area contributed by atoms with Crippen molar-refractivity contribution in [1.82, 2.24) is 19.7 Å². The lowest BCUT2D eigenvalue weighted by molar-refractivity contribution is -0.132. The average Bonchev–Trinajstić information content (AvgIpc) is 2.80. The van der Waals surface area contributed by atoms with Crippen molar-refractivity contribution in [3.8, 4) is 0 Å². The minimum atomic E-state index is -0.532. The fourth-order valence-electron chi connectivity index (χ4n) is 2.07. The molecule has 1 aliphatic heterocycles. The number of carbonyl (C=O) groups excluding carboxylic acids is 1. The lowest BCUT2D eigenvalue weighted by Crippen LogP contribution is -2.39. The summed E-state index contributed by atoms with van der Waals surface area (Å²) in [5.74, 6) is 1.97. The second-order valence-electron chi connectivity index (χ2n) is 4.92. The molecule has 5 nitrogen and oxygen atoms in total. The molecule has 0 saturated carbocycles. The van der Waals surface area contributed by atoms with Crippen LogP contribution in [-0.2, 0) is 24.3 Å². The molecule has 0 N–H and O–H groups in total. The third kappa shape index (κ3) is 2.51. The Labute approximate surface area is 109 Å². The Morgan fingerprint density at radius 1 is 1.53 bits per heavy atom. The van der Waals surface area contributed by atoms with Gasteiger partial charge < -0.3 is 9.47 Å². The summed E-state index contributed by atoms with van der Waals surface area (Å²) < 4.78 is 1.58. The second kappa shape index (κ2) is 4.40. The molecule has 0 bridgehead atoms. The van der Waals surface area contributed by atoms with E-state index in [-0.39, 0.29) is 5.91 Å². The predicted molar refractivity (Wildman–Crippen MR) is 67.8 cm³/mol. The Balaban J connectivity index is 2.08. The van der Waals surface area contributed by atoms with Crippen LogP contribution in [0, 0.1) is 0 Å². The van der Waals surface area contributed by atoms with Crippen LogP contribution in [0.4, 0.5) is 0 Å². The molecule has 17 heavy (non-hydrogen) atoms. The van der Waals surface area contributed by atoms with E-state index in [1.807, 2.05) is 13.8 Å². The van der Waals surface area contributed by atoms with Crippen LogP contribution in [0.15, 0.2) is 0 Å². The molecular formula is C11H17BrN4O. The van der Waals surface area contributed by atoms with Gasteiger partial charge >= 0.3 is 0 Å². The third-order valence-corrected chi connectivity index (χ3v) is 3.26. The minimum Gasteiger partial charge on any atom is -0.337 e. The zero-order chi connectivity index (χ0) is 12.6. The van der Waals surface area contributed by atoms with Crippen LogP contribution >= 0.6 is 15.9 Å². The van der Waals surface area contributed by atoms with Crippen LogP contribution in [0.5, 0.6) is 0 Å². The molecule has 0 saturated heterocycles. The fourth-order valence-corrected chi connectivity index (χ4v) is 2.37. The van der Waals surface area contributed by atoms with Crippen molar-refractivity contribution in [2.75, 3.05) is 7.05 Å². The van der Waals surface area contributed by atoms with Gasteiger partial charge in [0.1, 0.15) is 5.82 Å². The van der Waals surface area contributed by atoms with Crippen molar-refractivity contribution in [2.24, 2.45) is 0 Å². The summed E-state index contributed by atoms with van der Waals surface area (Å²) in [6.45, 7) is 5.18. The van der Waals surface area contributed by atoms with Crippen molar-refractivity contribution >= 4 is 21.8 Å². The molecule has 0 fully saturated rings. The van der Waals surface area contributed by atoms with Gasteiger partial charge in [-0.25, -0.2) is 0 Å². The Kier molecular flexibility index (Phi) is 3.25. The number of halogens is 1. The Morgan fingerprint density at radius 3 is 2.88 bits per heavy atom. The van der Waals surface area contributed by atoms with Gasteiger partial charge in [0.25, 0.3) is 0 Å². The van der Waals surface area contributed by atoms with Gasteiger partial charge in [0.05, 0.1) is 10.9 Å². The van der Waals surface area contributed by atoms with Gasteiger partial charge in [-0.1, -0.05) is 15.9 Å². The maximum atomic E-state index is 12.0. The van der Waals surface area contributed by atoms with Crippen LogP contribution in [0.1, 0.15) is 31.9 Å². The quantitative estimate of drug-likeness (QED) is 0.792. The van der Waals surface area contributed by atoms with Crippen LogP contribution in [0.2, 0.25) is 0 Å². The molecular weight excluding hydrogens is 284 g/mol. The lowest BCUT2D eigenvalue weighted by Gasteiger charge is -2.24. The van der Waals surface area contributed by atoms with Gasteiger partial charge in [0.2, 0.25) is 5.91 Å². The monoisotopic (exact) mass is 300 g/mol. The number of amides is 1. The van der Waals surface area contributed by atoms with E-state index in [2.05, 4.69) is 30.7 Å². The lowest BCUT2D eigenvalue weighted by atomic mass is 10.2. The SMILES string of the molecule is CN(Cc1nnc2n1CCC2)C(=O)C(C)(C)Br. The smallest absolute Gasteiger partial charge is 0.239 e. The molecule has 0 aliphatic carbocycles. The normalized spacial score (nSPS) is 14.8. The van der Waals surface area contributed by atoms with Crippen LogP contribution < -0.4 is 0 Å². The Morgan fingerprint density at radius 2 is 2.24 bits per heavy atom. The van der Waals surface area contributed by atoms with Crippen molar-refractivity contribution in [3.05, 3.63) is 11.6 Å². The molecule has 6 heteroatoms. The average molecular weight is 301 g/mol. The van der Waals surface area contributed by atoms with E-state index in [0.717, 1.165) is 31.0 Å². The molecule has 1 amide bonds. The first-order valence-corrected chi connectivity index (χ1v) is 6.54. The van der Waals surface area contributed by atoms with Crippen LogP contribution in [-0.4, -0.2) is 36.9 Å². The third-order valence-electron chi connectivity index (χ3n) is 2.92. The fraction of sp³-hybridized carbons (Fsp3) is 0.727. The molecule has 0 spiro atoms. The molecule has 0 radical (unpaired) electrons. The summed E-state index contributed by atoms with van der Waals surface area (Å²) in [7, 11) is 1.79. The highest BCUT2D eigenvalue weighted by molar-refractivity contribution is 9.10. The molecule has 0 atom stereocenters. The molecule has 94 valence electrons. The highest BCUT2D eigenvalue weighted by Gasteiger charge is 2.28. The molecule has 1 aliphatic rings. The van der Waals surface area contributed by atoms with E-state index < -0.39 is 4.32 Å². The molecule has 1 aromatic heterocycles. The highest BCUT2D eigenvalue weighted by atomic mass is 79.9. The van der Waals surface area contributed by atoms with Gasteiger partial charge in [0.15, 0.2) is 5.82 Å². The molecule has 2 rings (SSSR count). The van der Waals surface area contributed by atoms with E-state index in [4.69, 9.17) is 0 Å². The first-order chi connectivity index (χ1) is 7.89. The Bertz CT molecular complexity index is 435. The number of aryl methyl sites for hydroxylation is 1. The molecule has 0 aromatic carbocycles. The van der Waals surface area contributed by atoms with Gasteiger partial charge in [-0.05, 0) is 20.3 Å². The molecule has 2 heterocycles. The summed E-state index contributed by atoms with van der Waals surface area (Å²) in [6.07, 6.45) is 2.12. The largest absolute Gasteiger partial charge is 0.337 e. The number of carbonyl (C=O) groups is 1. The standard InChI is InChI=1S/C11H17BrN4O/c1-11(2,12)10(17)15(3)7-9-14-13-8-5-4-6-16(8)9/h4-7H2,1-3H3. The van der Waals surface area contributed by atoms with E-state index in [9.17, 15) is 4.79 Å². The topological polar surface area (TPSA) is 51.0 Å². The number of alkyl halides is 1. The van der Waals surface area contributed by atoms with Gasteiger partial charge in [0, 0.05) is 20.0 Å². The predicted octanol–water partition coefficient (Wildman–Crippen LogP) is 1.36.